The van der Waals surface area contributed by atoms with Gasteiger partial charge in [0.2, 0.25) is 0 Å². The predicted molar refractivity (Wildman–Crippen MR) is 59.0 cm³/mol. The molecule has 0 saturated heterocycles. The molecule has 0 unspecified atom stereocenters. The van der Waals surface area contributed by atoms with Gasteiger partial charge in [-0.05, 0) is 18.2 Å². The smallest absolute Gasteiger partial charge is 0.301 e. The van der Waals surface area contributed by atoms with Crippen LogP contribution in [0.1, 0.15) is 5.89 Å². The molecule has 0 amide bonds. The van der Waals surface area contributed by atoms with Crippen molar-refractivity contribution < 1.29 is 4.42 Å². The summed E-state index contributed by atoms with van der Waals surface area (Å²) < 4.78 is 5.29. The average Bonchev–Trinajstić information content (AvgIpc) is 2.72. The molecule has 76 valence electrons. The number of rotatable bonds is 0. The van der Waals surface area contributed by atoms with Crippen molar-refractivity contribution in [2.45, 2.75) is 0 Å². The predicted octanol–water partition coefficient (Wildman–Crippen LogP) is 2.90. The van der Waals surface area contributed by atoms with Crippen molar-refractivity contribution in [1.82, 2.24) is 9.97 Å². The number of benzene rings is 1. The van der Waals surface area contributed by atoms with E-state index in [4.69, 9.17) is 21.3 Å². The van der Waals surface area contributed by atoms with E-state index in [0.717, 1.165) is 5.39 Å². The van der Waals surface area contributed by atoms with Gasteiger partial charge in [0.1, 0.15) is 11.0 Å². The Kier molecular flexibility index (Phi) is 1.82. The molecule has 0 aliphatic carbocycles. The first-order valence-corrected chi connectivity index (χ1v) is 4.91. The highest BCUT2D eigenvalue weighted by molar-refractivity contribution is 6.36. The Labute approximate surface area is 95.1 Å². The third-order valence-electron chi connectivity index (χ3n) is 2.29. The minimum absolute atomic E-state index is 0.0178. The summed E-state index contributed by atoms with van der Waals surface area (Å²) in [5.74, 6) is 0.0178. The van der Waals surface area contributed by atoms with Crippen molar-refractivity contribution in [3.05, 3.63) is 35.3 Å². The molecule has 0 aliphatic rings. The number of fused-ring (bicyclic) bond motifs is 3. The number of pyridine rings is 1. The van der Waals surface area contributed by atoms with Gasteiger partial charge < -0.3 is 4.42 Å². The van der Waals surface area contributed by atoms with Gasteiger partial charge in [-0.15, -0.1) is 0 Å². The number of oxazole rings is 1. The maximum atomic E-state index is 8.72. The van der Waals surface area contributed by atoms with Crippen LogP contribution < -0.4 is 0 Å². The lowest BCUT2D eigenvalue weighted by atomic mass is 10.2. The third-order valence-corrected chi connectivity index (χ3v) is 2.61. The van der Waals surface area contributed by atoms with Gasteiger partial charge in [-0.3, -0.25) is 4.98 Å². The van der Waals surface area contributed by atoms with Crippen LogP contribution in [0.3, 0.4) is 0 Å². The summed E-state index contributed by atoms with van der Waals surface area (Å²) in [4.78, 5) is 8.18. The van der Waals surface area contributed by atoms with Gasteiger partial charge in [-0.25, -0.2) is 0 Å². The molecule has 2 heterocycles. The highest BCUT2D eigenvalue weighted by Crippen LogP contribution is 2.30. The SMILES string of the molecule is N#Cc1nc2cc(Cl)c3cccnc3c2o1. The molecule has 0 fully saturated rings. The maximum Gasteiger partial charge on any atom is 0.301 e. The zero-order chi connectivity index (χ0) is 11.1. The fourth-order valence-corrected chi connectivity index (χ4v) is 1.88. The summed E-state index contributed by atoms with van der Waals surface area (Å²) in [5.41, 5.74) is 1.67. The lowest BCUT2D eigenvalue weighted by Crippen LogP contribution is -1.80. The number of hydrogen-bond donors (Lipinski definition) is 0. The summed E-state index contributed by atoms with van der Waals surface area (Å²) >= 11 is 6.08. The fourth-order valence-electron chi connectivity index (χ4n) is 1.62. The van der Waals surface area contributed by atoms with Crippen LogP contribution in [0.15, 0.2) is 28.8 Å². The van der Waals surface area contributed by atoms with Crippen LogP contribution in [0.25, 0.3) is 22.0 Å². The highest BCUT2D eigenvalue weighted by atomic mass is 35.5. The molecule has 0 spiro atoms. The lowest BCUT2D eigenvalue weighted by molar-refractivity contribution is 0.586. The van der Waals surface area contributed by atoms with Gasteiger partial charge >= 0.3 is 5.89 Å². The van der Waals surface area contributed by atoms with E-state index in [2.05, 4.69) is 9.97 Å². The van der Waals surface area contributed by atoms with Crippen LogP contribution in [0.5, 0.6) is 0 Å². The zero-order valence-electron chi connectivity index (χ0n) is 7.94. The molecule has 0 N–H and O–H groups in total. The number of aromatic nitrogens is 2. The molecule has 0 atom stereocenters. The molecule has 3 aromatic rings. The van der Waals surface area contributed by atoms with E-state index in [0.29, 0.717) is 21.6 Å². The van der Waals surface area contributed by atoms with E-state index >= 15 is 0 Å². The molecular formula is C11H4ClN3O. The zero-order valence-corrected chi connectivity index (χ0v) is 8.69. The van der Waals surface area contributed by atoms with E-state index < -0.39 is 0 Å². The van der Waals surface area contributed by atoms with Crippen LogP contribution in [-0.2, 0) is 0 Å². The normalized spacial score (nSPS) is 10.8. The average molecular weight is 230 g/mol. The van der Waals surface area contributed by atoms with Gasteiger partial charge in [0.15, 0.2) is 11.7 Å². The Morgan fingerprint density at radius 2 is 2.31 bits per heavy atom. The minimum Gasteiger partial charge on any atom is -0.426 e. The molecule has 0 bridgehead atoms. The first-order chi connectivity index (χ1) is 7.79. The van der Waals surface area contributed by atoms with Crippen molar-refractivity contribution in [1.29, 1.82) is 5.26 Å². The van der Waals surface area contributed by atoms with Crippen molar-refractivity contribution in [2.24, 2.45) is 0 Å². The second-order valence-corrected chi connectivity index (χ2v) is 3.64. The molecule has 4 nitrogen and oxygen atoms in total. The van der Waals surface area contributed by atoms with Gasteiger partial charge in [-0.2, -0.15) is 10.2 Å². The Balaban J connectivity index is 2.58. The maximum absolute atomic E-state index is 8.72. The van der Waals surface area contributed by atoms with E-state index in [1.807, 2.05) is 12.1 Å². The molecule has 16 heavy (non-hydrogen) atoms. The second kappa shape index (κ2) is 3.19. The highest BCUT2D eigenvalue weighted by Gasteiger charge is 2.12. The standard InChI is InChI=1S/C11H4ClN3O/c12-7-4-8-11(16-9(5-13)15-8)10-6(7)2-1-3-14-10/h1-4H. The summed E-state index contributed by atoms with van der Waals surface area (Å²) in [7, 11) is 0. The quantitative estimate of drug-likeness (QED) is 0.595. The van der Waals surface area contributed by atoms with E-state index in [-0.39, 0.29) is 5.89 Å². The number of nitrogens with zero attached hydrogens (tertiary/aromatic N) is 3. The van der Waals surface area contributed by atoms with Crippen LogP contribution in [0.2, 0.25) is 5.02 Å². The van der Waals surface area contributed by atoms with Crippen molar-refractivity contribution in [3.8, 4) is 6.07 Å². The minimum atomic E-state index is 0.0178. The molecule has 0 saturated carbocycles. The largest absolute Gasteiger partial charge is 0.426 e. The first kappa shape index (κ1) is 9.13. The molecule has 0 radical (unpaired) electrons. The number of hydrogen-bond acceptors (Lipinski definition) is 4. The Bertz CT molecular complexity index is 742. The molecule has 1 aromatic carbocycles. The van der Waals surface area contributed by atoms with Crippen molar-refractivity contribution in [2.75, 3.05) is 0 Å². The topological polar surface area (TPSA) is 62.7 Å². The summed E-state index contributed by atoms with van der Waals surface area (Å²) in [5, 5.41) is 10.1. The lowest BCUT2D eigenvalue weighted by Gasteiger charge is -1.98. The van der Waals surface area contributed by atoms with Gasteiger partial charge in [0, 0.05) is 11.6 Å². The molecular weight excluding hydrogens is 226 g/mol. The molecule has 0 aliphatic heterocycles. The van der Waals surface area contributed by atoms with E-state index in [1.54, 1.807) is 18.3 Å². The number of halogens is 1. The van der Waals surface area contributed by atoms with Crippen LogP contribution in [-0.4, -0.2) is 9.97 Å². The third kappa shape index (κ3) is 1.16. The van der Waals surface area contributed by atoms with E-state index in [9.17, 15) is 0 Å². The van der Waals surface area contributed by atoms with Crippen LogP contribution in [0, 0.1) is 11.3 Å². The number of nitriles is 1. The molecule has 5 heteroatoms. The van der Waals surface area contributed by atoms with Crippen LogP contribution >= 0.6 is 11.6 Å². The van der Waals surface area contributed by atoms with Gasteiger partial charge in [0.25, 0.3) is 0 Å². The Hall–Kier alpha value is -2.12. The summed E-state index contributed by atoms with van der Waals surface area (Å²) in [6.45, 7) is 0. The Morgan fingerprint density at radius 1 is 1.44 bits per heavy atom. The Morgan fingerprint density at radius 3 is 3.12 bits per heavy atom. The molecule has 2 aromatic heterocycles. The monoisotopic (exact) mass is 229 g/mol. The van der Waals surface area contributed by atoms with Crippen LogP contribution in [0.4, 0.5) is 0 Å². The van der Waals surface area contributed by atoms with Crippen molar-refractivity contribution >= 4 is 33.6 Å². The van der Waals surface area contributed by atoms with Gasteiger partial charge in [0.05, 0.1) is 5.02 Å². The van der Waals surface area contributed by atoms with E-state index in [1.165, 1.54) is 0 Å². The fraction of sp³-hybridized carbons (Fsp3) is 0. The second-order valence-electron chi connectivity index (χ2n) is 3.24. The molecule has 3 rings (SSSR count). The summed E-state index contributed by atoms with van der Waals surface area (Å²) in [6.07, 6.45) is 1.65. The summed E-state index contributed by atoms with van der Waals surface area (Å²) in [6, 6.07) is 7.16. The first-order valence-electron chi connectivity index (χ1n) is 4.53. The van der Waals surface area contributed by atoms with Crippen molar-refractivity contribution in [3.63, 3.8) is 0 Å². The van der Waals surface area contributed by atoms with Gasteiger partial charge in [-0.1, -0.05) is 11.6 Å².